The van der Waals surface area contributed by atoms with Crippen LogP contribution < -0.4 is 0 Å². The molecule has 1 heteroatoms. The van der Waals surface area contributed by atoms with Crippen molar-refractivity contribution in [1.82, 2.24) is 0 Å². The number of allylic oxidation sites excluding steroid dienone is 1. The summed E-state index contributed by atoms with van der Waals surface area (Å²) in [7, 11) is 0. The van der Waals surface area contributed by atoms with Crippen molar-refractivity contribution >= 4 is 16.9 Å². The molecule has 0 aliphatic heterocycles. The molecule has 0 saturated carbocycles. The Labute approximate surface area is 35.4 Å². The summed E-state index contributed by atoms with van der Waals surface area (Å²) in [6.45, 7) is 3.46. The van der Waals surface area contributed by atoms with Gasteiger partial charge in [0.2, 0.25) is 0 Å². The number of rotatable bonds is 1. The van der Waals surface area contributed by atoms with E-state index in [0.717, 1.165) is 5.21 Å². The fourth-order valence-electron chi connectivity index (χ4n) is 0. The van der Waals surface area contributed by atoms with Crippen LogP contribution in [0.3, 0.4) is 0 Å². The van der Waals surface area contributed by atoms with Crippen molar-refractivity contribution in [3.05, 3.63) is 12.7 Å². The first-order valence-electron chi connectivity index (χ1n) is 1.13. The first-order chi connectivity index (χ1) is 1.91. The van der Waals surface area contributed by atoms with E-state index in [2.05, 4.69) is 23.4 Å². The van der Waals surface area contributed by atoms with Crippen molar-refractivity contribution in [3.8, 4) is 0 Å². The van der Waals surface area contributed by atoms with Gasteiger partial charge in [-0.2, -0.15) is 0 Å². The molecule has 4 heavy (non-hydrogen) atoms. The summed E-state index contributed by atoms with van der Waals surface area (Å²) in [5.41, 5.74) is 0. The second kappa shape index (κ2) is 3.30. The van der Waals surface area contributed by atoms with E-state index in [0.29, 0.717) is 0 Å². The van der Waals surface area contributed by atoms with Crippen LogP contribution in [0.1, 0.15) is 0 Å². The van der Waals surface area contributed by atoms with E-state index in [-0.39, 0.29) is 0 Å². The normalized spacial score (nSPS) is 6.25. The molecule has 0 aromatic rings. The molecular weight excluding hydrogens is 111 g/mol. The molecule has 0 N–H and O–H groups in total. The van der Waals surface area contributed by atoms with Gasteiger partial charge in [-0.05, 0) is 0 Å². The van der Waals surface area contributed by atoms with Gasteiger partial charge in [-0.25, -0.2) is 0 Å². The first-order valence-corrected chi connectivity index (χ1v) is 2.46. The average molecular weight is 116 g/mol. The van der Waals surface area contributed by atoms with Crippen LogP contribution in [0.25, 0.3) is 0 Å². The van der Waals surface area contributed by atoms with E-state index in [1.165, 1.54) is 0 Å². The van der Waals surface area contributed by atoms with Gasteiger partial charge in [0, 0.05) is 0 Å². The van der Waals surface area contributed by atoms with Gasteiger partial charge in [-0.1, -0.05) is 0 Å². The molecule has 0 aliphatic carbocycles. The average Bonchev–Trinajstić information content (AvgIpc) is 1.37. The van der Waals surface area contributed by atoms with Crippen molar-refractivity contribution in [1.29, 1.82) is 0 Å². The van der Waals surface area contributed by atoms with E-state index in [9.17, 15) is 0 Å². The quantitative estimate of drug-likeness (QED) is 0.350. The van der Waals surface area contributed by atoms with Gasteiger partial charge >= 0.3 is 34.7 Å². The molecule has 22 valence electrons. The SMILES string of the molecule is C=CC[As]. The summed E-state index contributed by atoms with van der Waals surface area (Å²) in [6, 6.07) is 0. The third-order valence-corrected chi connectivity index (χ3v) is 0.671. The van der Waals surface area contributed by atoms with E-state index >= 15 is 0 Å². The predicted octanol–water partition coefficient (Wildman–Crippen LogP) is 0.759. The van der Waals surface area contributed by atoms with Gasteiger partial charge in [-0.3, -0.25) is 0 Å². The molecule has 0 nitrogen and oxygen atoms in total. The second-order valence-corrected chi connectivity index (χ2v) is 1.24. The number of hydrogen-bond acceptors (Lipinski definition) is 0. The zero-order valence-corrected chi connectivity index (χ0v) is 4.32. The minimum atomic E-state index is 1.02. The van der Waals surface area contributed by atoms with Crippen LogP contribution in [0.5, 0.6) is 0 Å². The van der Waals surface area contributed by atoms with Crippen molar-refractivity contribution < 1.29 is 0 Å². The summed E-state index contributed by atoms with van der Waals surface area (Å²) < 4.78 is 0. The van der Waals surface area contributed by atoms with Gasteiger partial charge < -0.3 is 0 Å². The van der Waals surface area contributed by atoms with Gasteiger partial charge in [-0.15, -0.1) is 0 Å². The van der Waals surface area contributed by atoms with Gasteiger partial charge in [0.05, 0.1) is 0 Å². The summed E-state index contributed by atoms with van der Waals surface area (Å²) in [4.78, 5) is 0. The standard InChI is InChI=1S/C3H5As/c1-2-3-4/h2H,1,3H2. The summed E-state index contributed by atoms with van der Waals surface area (Å²) in [5, 5.41) is 1.02. The molecule has 0 amide bonds. The van der Waals surface area contributed by atoms with Gasteiger partial charge in [0.25, 0.3) is 0 Å². The van der Waals surface area contributed by atoms with E-state index in [1.807, 2.05) is 6.08 Å². The Kier molecular flexibility index (Phi) is 3.54. The Balaban J connectivity index is 2.30. The van der Waals surface area contributed by atoms with Crippen molar-refractivity contribution in [2.24, 2.45) is 0 Å². The van der Waals surface area contributed by atoms with Gasteiger partial charge in [0.1, 0.15) is 0 Å². The van der Waals surface area contributed by atoms with Crippen molar-refractivity contribution in [3.63, 3.8) is 0 Å². The zero-order valence-electron chi connectivity index (χ0n) is 2.44. The molecule has 0 aromatic carbocycles. The van der Waals surface area contributed by atoms with E-state index in [4.69, 9.17) is 0 Å². The molecule has 0 atom stereocenters. The maximum absolute atomic E-state index is 3.46. The zero-order chi connectivity index (χ0) is 3.41. The van der Waals surface area contributed by atoms with E-state index in [1.54, 1.807) is 0 Å². The van der Waals surface area contributed by atoms with Crippen LogP contribution >= 0.6 is 0 Å². The van der Waals surface area contributed by atoms with Crippen molar-refractivity contribution in [2.75, 3.05) is 0 Å². The molecule has 0 aliphatic rings. The minimum absolute atomic E-state index is 1.02. The fourth-order valence-corrected chi connectivity index (χ4v) is 0. The topological polar surface area (TPSA) is 0 Å². The Morgan fingerprint density at radius 1 is 2.00 bits per heavy atom. The van der Waals surface area contributed by atoms with Crippen molar-refractivity contribution in [2.45, 2.75) is 5.21 Å². The third-order valence-electron chi connectivity index (χ3n) is 0.129. The summed E-state index contributed by atoms with van der Waals surface area (Å²) >= 11 is 2.42. The molecule has 0 heterocycles. The van der Waals surface area contributed by atoms with E-state index < -0.39 is 0 Å². The molecule has 0 aromatic heterocycles. The second-order valence-electron chi connectivity index (χ2n) is 0.471. The molecule has 0 fully saturated rings. The molecule has 0 rings (SSSR count). The molecule has 0 saturated heterocycles. The van der Waals surface area contributed by atoms with Crippen LogP contribution in [-0.2, 0) is 0 Å². The molecule has 0 bridgehead atoms. The van der Waals surface area contributed by atoms with Crippen LogP contribution in [0.15, 0.2) is 12.7 Å². The van der Waals surface area contributed by atoms with Crippen LogP contribution in [0, 0.1) is 0 Å². The van der Waals surface area contributed by atoms with Crippen LogP contribution in [0.4, 0.5) is 0 Å². The fraction of sp³-hybridized carbons (Fsp3) is 0.333. The summed E-state index contributed by atoms with van der Waals surface area (Å²) in [6.07, 6.45) is 1.85. The first kappa shape index (κ1) is 4.30. The van der Waals surface area contributed by atoms with Gasteiger partial charge in [0.15, 0.2) is 0 Å². The Bertz CT molecular complexity index is 17.2. The Hall–Kier alpha value is 0.298. The molecule has 0 spiro atoms. The number of hydrogen-bond donors (Lipinski definition) is 0. The monoisotopic (exact) mass is 116 g/mol. The van der Waals surface area contributed by atoms with Crippen LogP contribution in [0.2, 0.25) is 5.21 Å². The molecule has 2 radical (unpaired) electrons. The Morgan fingerprint density at radius 2 is 2.25 bits per heavy atom. The maximum atomic E-state index is 3.46. The van der Waals surface area contributed by atoms with Crippen LogP contribution in [-0.4, -0.2) is 16.9 Å². The predicted molar refractivity (Wildman–Crippen MR) is 20.8 cm³/mol. The Morgan fingerprint density at radius 3 is 2.25 bits per heavy atom. The molecular formula is C3H5As. The summed E-state index contributed by atoms with van der Waals surface area (Å²) in [5.74, 6) is 0. The molecule has 0 unspecified atom stereocenters. The third kappa shape index (κ3) is 2.30.